The third kappa shape index (κ3) is 6.84. The van der Waals surface area contributed by atoms with Gasteiger partial charge in [-0.3, -0.25) is 9.59 Å². The molecule has 31 heavy (non-hydrogen) atoms. The average molecular weight is 456 g/mol. The van der Waals surface area contributed by atoms with Crippen LogP contribution in [0.2, 0.25) is 10.0 Å². The minimum absolute atomic E-state index is 0.270. The highest BCUT2D eigenvalue weighted by molar-refractivity contribution is 6.39. The summed E-state index contributed by atoms with van der Waals surface area (Å²) in [5, 5.41) is 7.43. The van der Waals surface area contributed by atoms with E-state index in [9.17, 15) is 9.59 Å². The van der Waals surface area contributed by atoms with Gasteiger partial charge >= 0.3 is 11.8 Å². The van der Waals surface area contributed by atoms with Crippen molar-refractivity contribution in [3.8, 4) is 5.75 Å². The summed E-state index contributed by atoms with van der Waals surface area (Å²) in [6.07, 6.45) is 1.42. The molecular formula is C23H19Cl2N3O3. The number of halogens is 2. The summed E-state index contributed by atoms with van der Waals surface area (Å²) in [6, 6.07) is 19.4. The summed E-state index contributed by atoms with van der Waals surface area (Å²) in [7, 11) is 0. The van der Waals surface area contributed by atoms with E-state index in [2.05, 4.69) is 15.8 Å². The van der Waals surface area contributed by atoms with E-state index in [0.29, 0.717) is 27.0 Å². The Kier molecular flexibility index (Phi) is 7.65. The van der Waals surface area contributed by atoms with E-state index < -0.39 is 11.8 Å². The van der Waals surface area contributed by atoms with Gasteiger partial charge in [0.05, 0.1) is 6.21 Å². The van der Waals surface area contributed by atoms with Gasteiger partial charge in [0.1, 0.15) is 12.4 Å². The van der Waals surface area contributed by atoms with Crippen molar-refractivity contribution in [1.82, 2.24) is 5.43 Å². The van der Waals surface area contributed by atoms with Crippen LogP contribution in [-0.4, -0.2) is 18.0 Å². The topological polar surface area (TPSA) is 79.8 Å². The number of hydrazone groups is 1. The number of nitrogens with zero attached hydrogens (tertiary/aromatic N) is 1. The van der Waals surface area contributed by atoms with Crippen molar-refractivity contribution in [2.75, 3.05) is 5.32 Å². The Hall–Kier alpha value is -3.35. The summed E-state index contributed by atoms with van der Waals surface area (Å²) in [6.45, 7) is 2.16. The lowest BCUT2D eigenvalue weighted by Gasteiger charge is -2.08. The molecule has 158 valence electrons. The Morgan fingerprint density at radius 1 is 1.00 bits per heavy atom. The van der Waals surface area contributed by atoms with Crippen molar-refractivity contribution in [2.45, 2.75) is 13.5 Å². The fraction of sp³-hybridized carbons (Fsp3) is 0.0870. The van der Waals surface area contributed by atoms with Crippen molar-refractivity contribution < 1.29 is 14.3 Å². The molecule has 3 aromatic rings. The summed E-state index contributed by atoms with van der Waals surface area (Å²) in [4.78, 5) is 23.9. The monoisotopic (exact) mass is 455 g/mol. The average Bonchev–Trinajstić information content (AvgIpc) is 2.73. The maximum Gasteiger partial charge on any atom is 0.329 e. The van der Waals surface area contributed by atoms with Gasteiger partial charge in [-0.1, -0.05) is 53.5 Å². The third-order valence-corrected chi connectivity index (χ3v) is 4.72. The molecule has 0 aromatic heterocycles. The fourth-order valence-electron chi connectivity index (χ4n) is 2.61. The molecule has 0 radical (unpaired) electrons. The van der Waals surface area contributed by atoms with Crippen LogP contribution >= 0.6 is 23.2 Å². The van der Waals surface area contributed by atoms with Gasteiger partial charge in [-0.2, -0.15) is 5.10 Å². The number of carbonyl (C=O) groups is 2. The zero-order chi connectivity index (χ0) is 22.2. The maximum absolute atomic E-state index is 12.0. The van der Waals surface area contributed by atoms with Gasteiger partial charge in [0.25, 0.3) is 0 Å². The molecule has 8 heteroatoms. The molecule has 0 aliphatic carbocycles. The lowest BCUT2D eigenvalue weighted by molar-refractivity contribution is -0.136. The second-order valence-corrected chi connectivity index (χ2v) is 7.46. The van der Waals surface area contributed by atoms with E-state index in [1.165, 1.54) is 6.21 Å². The Labute approximate surface area is 189 Å². The van der Waals surface area contributed by atoms with Crippen LogP contribution < -0.4 is 15.5 Å². The van der Waals surface area contributed by atoms with Gasteiger partial charge in [-0.15, -0.1) is 0 Å². The highest BCUT2D eigenvalue weighted by Crippen LogP contribution is 2.23. The largest absolute Gasteiger partial charge is 0.489 e. The first kappa shape index (κ1) is 22.3. The summed E-state index contributed by atoms with van der Waals surface area (Å²) < 4.78 is 5.75. The third-order valence-electron chi connectivity index (χ3n) is 4.13. The van der Waals surface area contributed by atoms with Gasteiger partial charge in [-0.05, 0) is 54.4 Å². The molecule has 0 spiro atoms. The van der Waals surface area contributed by atoms with Crippen molar-refractivity contribution in [2.24, 2.45) is 5.10 Å². The number of anilines is 1. The van der Waals surface area contributed by atoms with Crippen LogP contribution in [0, 0.1) is 6.92 Å². The number of benzene rings is 3. The predicted octanol–water partition coefficient (Wildman–Crippen LogP) is 4.97. The van der Waals surface area contributed by atoms with Gasteiger partial charge in [0.15, 0.2) is 0 Å². The molecule has 0 unspecified atom stereocenters. The van der Waals surface area contributed by atoms with Crippen LogP contribution in [0.5, 0.6) is 5.75 Å². The van der Waals surface area contributed by atoms with Crippen molar-refractivity contribution in [1.29, 1.82) is 0 Å². The van der Waals surface area contributed by atoms with Crippen LogP contribution in [0.1, 0.15) is 16.7 Å². The molecule has 2 N–H and O–H groups in total. The standard InChI is InChI=1S/C23H19Cl2N3O3/c1-15-4-2-6-19(10-15)27-22(29)23(30)28-26-13-16-5-3-7-20(11-16)31-14-17-8-9-18(24)12-21(17)25/h2-13H,14H2,1H3,(H,27,29)(H,28,30)/b26-13-. The molecule has 3 aromatic carbocycles. The molecule has 0 atom stereocenters. The molecule has 0 heterocycles. The molecule has 6 nitrogen and oxygen atoms in total. The summed E-state index contributed by atoms with van der Waals surface area (Å²) in [5.74, 6) is -1.08. The zero-order valence-corrected chi connectivity index (χ0v) is 18.1. The molecule has 3 rings (SSSR count). The first-order chi connectivity index (χ1) is 14.9. The van der Waals surface area contributed by atoms with Gasteiger partial charge < -0.3 is 10.1 Å². The lowest BCUT2D eigenvalue weighted by atomic mass is 10.2. The Morgan fingerprint density at radius 3 is 2.58 bits per heavy atom. The van der Waals surface area contributed by atoms with E-state index in [1.54, 1.807) is 60.7 Å². The van der Waals surface area contributed by atoms with Crippen molar-refractivity contribution in [3.05, 3.63) is 93.5 Å². The second-order valence-electron chi connectivity index (χ2n) is 6.62. The van der Waals surface area contributed by atoms with Crippen LogP contribution in [0.15, 0.2) is 71.8 Å². The molecule has 2 amide bonds. The van der Waals surface area contributed by atoms with Gasteiger partial charge in [0, 0.05) is 21.3 Å². The number of ether oxygens (including phenoxy) is 1. The second kappa shape index (κ2) is 10.6. The normalized spacial score (nSPS) is 10.7. The first-order valence-electron chi connectivity index (χ1n) is 9.28. The van der Waals surface area contributed by atoms with E-state index in [1.807, 2.05) is 13.0 Å². The number of rotatable bonds is 6. The fourth-order valence-corrected chi connectivity index (χ4v) is 3.07. The summed E-state index contributed by atoms with van der Waals surface area (Å²) in [5.41, 5.74) is 5.19. The number of hydrogen-bond acceptors (Lipinski definition) is 4. The predicted molar refractivity (Wildman–Crippen MR) is 123 cm³/mol. The smallest absolute Gasteiger partial charge is 0.329 e. The van der Waals surface area contributed by atoms with Gasteiger partial charge in [-0.25, -0.2) is 5.43 Å². The number of carbonyl (C=O) groups excluding carboxylic acids is 2. The highest BCUT2D eigenvalue weighted by atomic mass is 35.5. The zero-order valence-electron chi connectivity index (χ0n) is 16.6. The van der Waals surface area contributed by atoms with E-state index >= 15 is 0 Å². The maximum atomic E-state index is 12.0. The minimum atomic E-state index is -0.873. The van der Waals surface area contributed by atoms with E-state index in [-0.39, 0.29) is 6.61 Å². The SMILES string of the molecule is Cc1cccc(NC(=O)C(=O)N/N=C\c2cccc(OCc3ccc(Cl)cc3Cl)c2)c1. The highest BCUT2D eigenvalue weighted by Gasteiger charge is 2.12. The molecule has 0 aliphatic rings. The van der Waals surface area contributed by atoms with Crippen LogP contribution in [0.3, 0.4) is 0 Å². The molecule has 0 saturated heterocycles. The molecule has 0 fully saturated rings. The minimum Gasteiger partial charge on any atom is -0.489 e. The molecule has 0 aliphatic heterocycles. The molecule has 0 saturated carbocycles. The Bertz CT molecular complexity index is 1130. The van der Waals surface area contributed by atoms with Crippen LogP contribution in [0.4, 0.5) is 5.69 Å². The molecule has 0 bridgehead atoms. The Balaban J connectivity index is 1.53. The number of amides is 2. The van der Waals surface area contributed by atoms with Crippen LogP contribution in [0.25, 0.3) is 0 Å². The Morgan fingerprint density at radius 2 is 1.81 bits per heavy atom. The van der Waals surface area contributed by atoms with Crippen molar-refractivity contribution >= 4 is 46.9 Å². The quantitative estimate of drug-likeness (QED) is 0.312. The first-order valence-corrected chi connectivity index (χ1v) is 10.0. The van der Waals surface area contributed by atoms with Crippen molar-refractivity contribution in [3.63, 3.8) is 0 Å². The number of aryl methyl sites for hydroxylation is 1. The van der Waals surface area contributed by atoms with Crippen LogP contribution in [-0.2, 0) is 16.2 Å². The van der Waals surface area contributed by atoms with E-state index in [0.717, 1.165) is 11.1 Å². The van der Waals surface area contributed by atoms with E-state index in [4.69, 9.17) is 27.9 Å². The summed E-state index contributed by atoms with van der Waals surface area (Å²) >= 11 is 12.0. The number of nitrogens with one attached hydrogen (secondary N) is 2. The number of hydrogen-bond donors (Lipinski definition) is 2. The van der Waals surface area contributed by atoms with Gasteiger partial charge in [0.2, 0.25) is 0 Å². The molecular weight excluding hydrogens is 437 g/mol. The lowest BCUT2D eigenvalue weighted by Crippen LogP contribution is -2.32.